The molecule has 0 saturated heterocycles. The number of hydrogen-bond acceptors (Lipinski definition) is 7. The minimum Gasteiger partial charge on any atom is -0.320 e. The molecular formula is C29H39F3N4O7S. The van der Waals surface area contributed by atoms with E-state index in [1.54, 1.807) is 38.1 Å². The standard InChI is InChI=1S/C22H31F3N4O4.C7H8O3S/c1-14(2)12-18(19(30)27-29(13-22(23,24)25)21(32)15(3)26)17(20(31)28-33)11-7-10-16-8-5-4-6-9-16;1-6-2-4-7(5-3-6)11(8,9)10/h4-10,14-15,17-18,33H,11-13,26H2,1-3H3,(H,27,30)(H,28,31);2-5H,1H3,(H,8,9,10)/t15-,17+,18-;/m1./s1. The first-order valence-corrected chi connectivity index (χ1v) is 14.9. The van der Waals surface area contributed by atoms with Gasteiger partial charge in [0, 0.05) is 0 Å². The lowest BCUT2D eigenvalue weighted by Crippen LogP contribution is -2.57. The summed E-state index contributed by atoms with van der Waals surface area (Å²) in [4.78, 5) is 37.5. The Morgan fingerprint density at radius 3 is 2.00 bits per heavy atom. The van der Waals surface area contributed by atoms with Crippen LogP contribution >= 0.6 is 0 Å². The van der Waals surface area contributed by atoms with Gasteiger partial charge in [0.05, 0.1) is 22.8 Å². The van der Waals surface area contributed by atoms with Crippen molar-refractivity contribution in [3.8, 4) is 0 Å². The predicted octanol–water partition coefficient (Wildman–Crippen LogP) is 3.88. The van der Waals surface area contributed by atoms with Crippen LogP contribution in [0.15, 0.2) is 65.6 Å². The van der Waals surface area contributed by atoms with E-state index in [0.717, 1.165) is 11.1 Å². The molecule has 0 bridgehead atoms. The van der Waals surface area contributed by atoms with Crippen LogP contribution in [0.3, 0.4) is 0 Å². The number of allylic oxidation sites excluding steroid dienone is 1. The molecule has 244 valence electrons. The largest absolute Gasteiger partial charge is 0.408 e. The third-order valence-electron chi connectivity index (χ3n) is 6.05. The Hall–Kier alpha value is -3.79. The number of carbonyl (C=O) groups excluding carboxylic acids is 3. The molecule has 3 atom stereocenters. The van der Waals surface area contributed by atoms with Crippen LogP contribution in [0, 0.1) is 24.7 Å². The fraction of sp³-hybridized carbons (Fsp3) is 0.414. The number of rotatable bonds is 11. The highest BCUT2D eigenvalue weighted by molar-refractivity contribution is 7.85. The summed E-state index contributed by atoms with van der Waals surface area (Å²) in [5, 5.41) is 9.32. The van der Waals surface area contributed by atoms with Gasteiger partial charge in [0.25, 0.3) is 16.0 Å². The highest BCUT2D eigenvalue weighted by Crippen LogP contribution is 2.26. The lowest BCUT2D eigenvalue weighted by atomic mass is 9.82. The number of benzene rings is 2. The van der Waals surface area contributed by atoms with Gasteiger partial charge in [0.2, 0.25) is 11.8 Å². The third kappa shape index (κ3) is 14.1. The first-order chi connectivity index (χ1) is 20.4. The quantitative estimate of drug-likeness (QED) is 0.139. The van der Waals surface area contributed by atoms with E-state index in [4.69, 9.17) is 10.3 Å². The summed E-state index contributed by atoms with van der Waals surface area (Å²) in [6.45, 7) is 4.84. The molecule has 15 heteroatoms. The SMILES string of the molecule is CC(C)C[C@@H](C(=O)NN(CC(F)(F)F)C(=O)[C@@H](C)N)[C@H](CC=Cc1ccccc1)C(=O)NO.Cc1ccc(S(=O)(=O)O)cc1. The molecule has 0 fully saturated rings. The molecule has 2 aromatic carbocycles. The third-order valence-corrected chi connectivity index (χ3v) is 6.92. The van der Waals surface area contributed by atoms with Gasteiger partial charge in [0.15, 0.2) is 0 Å². The number of hydroxylamine groups is 1. The Bertz CT molecular complexity index is 1350. The Kier molecular flexibility index (Phi) is 15.2. The van der Waals surface area contributed by atoms with Crippen molar-refractivity contribution < 1.29 is 45.7 Å². The molecule has 2 rings (SSSR count). The number of nitrogens with one attached hydrogen (secondary N) is 2. The minimum absolute atomic E-state index is 0.0204. The topological polar surface area (TPSA) is 179 Å². The second-order valence-electron chi connectivity index (χ2n) is 10.5. The zero-order valence-electron chi connectivity index (χ0n) is 24.8. The number of aryl methyl sites for hydroxylation is 1. The van der Waals surface area contributed by atoms with Crippen molar-refractivity contribution in [1.82, 2.24) is 15.9 Å². The first-order valence-electron chi connectivity index (χ1n) is 13.5. The molecule has 3 amide bonds. The van der Waals surface area contributed by atoms with Crippen molar-refractivity contribution in [2.45, 2.75) is 57.7 Å². The van der Waals surface area contributed by atoms with Gasteiger partial charge in [0.1, 0.15) is 6.54 Å². The number of halogens is 3. The number of nitrogens with zero attached hydrogens (tertiary/aromatic N) is 1. The first kappa shape index (κ1) is 38.2. The van der Waals surface area contributed by atoms with Crippen molar-refractivity contribution in [1.29, 1.82) is 0 Å². The molecule has 0 unspecified atom stereocenters. The number of alkyl halides is 3. The molecule has 2 aromatic rings. The monoisotopic (exact) mass is 644 g/mol. The molecule has 0 aliphatic rings. The van der Waals surface area contributed by atoms with Crippen LogP contribution in [0.5, 0.6) is 0 Å². The molecule has 0 aliphatic heterocycles. The predicted molar refractivity (Wildman–Crippen MR) is 157 cm³/mol. The smallest absolute Gasteiger partial charge is 0.320 e. The van der Waals surface area contributed by atoms with Crippen LogP contribution in [-0.2, 0) is 24.5 Å². The Morgan fingerprint density at radius 1 is 0.977 bits per heavy atom. The van der Waals surface area contributed by atoms with Crippen molar-refractivity contribution >= 4 is 33.9 Å². The lowest BCUT2D eigenvalue weighted by Gasteiger charge is -2.30. The van der Waals surface area contributed by atoms with E-state index in [1.165, 1.54) is 24.5 Å². The zero-order chi connectivity index (χ0) is 33.7. The number of hydrazine groups is 1. The van der Waals surface area contributed by atoms with Crippen molar-refractivity contribution in [3.63, 3.8) is 0 Å². The van der Waals surface area contributed by atoms with Crippen LogP contribution in [0.2, 0.25) is 0 Å². The fourth-order valence-electron chi connectivity index (χ4n) is 3.94. The van der Waals surface area contributed by atoms with E-state index < -0.39 is 58.4 Å². The van der Waals surface area contributed by atoms with E-state index >= 15 is 0 Å². The molecule has 0 heterocycles. The van der Waals surface area contributed by atoms with Crippen LogP contribution in [0.25, 0.3) is 6.08 Å². The van der Waals surface area contributed by atoms with Crippen LogP contribution in [0.1, 0.15) is 44.7 Å². The molecule has 44 heavy (non-hydrogen) atoms. The van der Waals surface area contributed by atoms with E-state index in [2.05, 4.69) is 0 Å². The normalized spacial score (nSPS) is 13.8. The molecule has 6 N–H and O–H groups in total. The number of amides is 3. The molecule has 0 spiro atoms. The maximum Gasteiger partial charge on any atom is 0.408 e. The van der Waals surface area contributed by atoms with Crippen LogP contribution < -0.4 is 16.6 Å². The van der Waals surface area contributed by atoms with E-state index in [1.807, 2.05) is 42.7 Å². The summed E-state index contributed by atoms with van der Waals surface area (Å²) in [7, 11) is -4.02. The molecule has 0 saturated carbocycles. The van der Waals surface area contributed by atoms with Gasteiger partial charge in [-0.1, -0.05) is 74.0 Å². The number of nitrogens with two attached hydrogens (primary N) is 1. The maximum atomic E-state index is 13.0. The van der Waals surface area contributed by atoms with Gasteiger partial charge in [-0.2, -0.15) is 21.6 Å². The van der Waals surface area contributed by atoms with Crippen LogP contribution in [0.4, 0.5) is 13.2 Å². The van der Waals surface area contributed by atoms with Gasteiger partial charge in [-0.05, 0) is 50.3 Å². The van der Waals surface area contributed by atoms with Gasteiger partial charge >= 0.3 is 6.18 Å². The highest BCUT2D eigenvalue weighted by atomic mass is 32.2. The average Bonchev–Trinajstić information content (AvgIpc) is 2.93. The molecule has 0 aliphatic carbocycles. The fourth-order valence-corrected chi connectivity index (χ4v) is 4.42. The molecule has 11 nitrogen and oxygen atoms in total. The highest BCUT2D eigenvalue weighted by Gasteiger charge is 2.38. The average molecular weight is 645 g/mol. The Balaban J connectivity index is 0.000000733. The number of carbonyl (C=O) groups is 3. The van der Waals surface area contributed by atoms with E-state index in [0.29, 0.717) is 0 Å². The molecule has 0 radical (unpaired) electrons. The van der Waals surface area contributed by atoms with Crippen LogP contribution in [-0.4, -0.2) is 59.7 Å². The van der Waals surface area contributed by atoms with Gasteiger partial charge in [-0.15, -0.1) is 0 Å². The summed E-state index contributed by atoms with van der Waals surface area (Å²) in [6.07, 6.45) is -1.29. The Morgan fingerprint density at radius 2 is 1.55 bits per heavy atom. The second kappa shape index (κ2) is 17.5. The summed E-state index contributed by atoms with van der Waals surface area (Å²) < 4.78 is 68.5. The van der Waals surface area contributed by atoms with Gasteiger partial charge in [-0.25, -0.2) is 10.5 Å². The molecule has 0 aromatic heterocycles. The summed E-state index contributed by atoms with van der Waals surface area (Å²) in [6, 6.07) is 13.8. The minimum atomic E-state index is -4.79. The number of hydrogen-bond donors (Lipinski definition) is 5. The van der Waals surface area contributed by atoms with E-state index in [-0.39, 0.29) is 28.7 Å². The molecular weight excluding hydrogens is 605 g/mol. The van der Waals surface area contributed by atoms with Crippen molar-refractivity contribution in [2.24, 2.45) is 23.5 Å². The zero-order valence-corrected chi connectivity index (χ0v) is 25.6. The van der Waals surface area contributed by atoms with Gasteiger partial charge < -0.3 is 5.73 Å². The van der Waals surface area contributed by atoms with Crippen molar-refractivity contribution in [3.05, 3.63) is 71.8 Å². The van der Waals surface area contributed by atoms with E-state index in [9.17, 15) is 41.2 Å². The second-order valence-corrected chi connectivity index (χ2v) is 11.9. The van der Waals surface area contributed by atoms with Gasteiger partial charge in [-0.3, -0.25) is 29.6 Å². The van der Waals surface area contributed by atoms with Crippen molar-refractivity contribution in [2.75, 3.05) is 6.54 Å². The summed E-state index contributed by atoms with van der Waals surface area (Å²) >= 11 is 0. The maximum absolute atomic E-state index is 13.0. The lowest BCUT2D eigenvalue weighted by molar-refractivity contribution is -0.172. The summed E-state index contributed by atoms with van der Waals surface area (Å²) in [5.74, 6) is -5.30. The summed E-state index contributed by atoms with van der Waals surface area (Å²) in [5.41, 5.74) is 10.7. The Labute approximate surface area is 255 Å².